The number of anilines is 1. The monoisotopic (exact) mass is 298 g/mol. The number of fused-ring (bicyclic) bond motifs is 2. The molecule has 2 aromatic heterocycles. The Morgan fingerprint density at radius 2 is 2.00 bits per heavy atom. The lowest BCUT2D eigenvalue weighted by molar-refractivity contribution is 0.155. The minimum atomic E-state index is 0.594. The molecule has 4 heteroatoms. The number of aryl methyl sites for hydroxylation is 1. The first-order valence-corrected chi connectivity index (χ1v) is 8.94. The molecule has 0 bridgehead atoms. The van der Waals surface area contributed by atoms with Crippen molar-refractivity contribution in [1.82, 2.24) is 15.0 Å². The highest BCUT2D eigenvalue weighted by Gasteiger charge is 2.35. The van der Waals surface area contributed by atoms with Gasteiger partial charge in [0.05, 0.1) is 5.39 Å². The van der Waals surface area contributed by atoms with Crippen LogP contribution in [0.15, 0.2) is 12.5 Å². The number of hydrogen-bond acceptors (Lipinski definition) is 3. The summed E-state index contributed by atoms with van der Waals surface area (Å²) in [5.41, 5.74) is 2.28. The van der Waals surface area contributed by atoms with Crippen LogP contribution >= 0.6 is 0 Å². The summed E-state index contributed by atoms with van der Waals surface area (Å²) in [6.07, 6.45) is 14.5. The van der Waals surface area contributed by atoms with Crippen LogP contribution in [0.2, 0.25) is 0 Å². The minimum absolute atomic E-state index is 0.594. The number of nitrogens with one attached hydrogen (secondary N) is 2. The topological polar surface area (TPSA) is 53.6 Å². The van der Waals surface area contributed by atoms with Crippen molar-refractivity contribution in [2.45, 2.75) is 64.3 Å². The second-order valence-corrected chi connectivity index (χ2v) is 7.00. The molecule has 4 nitrogen and oxygen atoms in total. The zero-order valence-corrected chi connectivity index (χ0v) is 13.4. The van der Waals surface area contributed by atoms with Crippen molar-refractivity contribution in [2.24, 2.45) is 11.8 Å². The first-order chi connectivity index (χ1) is 10.9. The van der Waals surface area contributed by atoms with Crippen molar-refractivity contribution in [3.8, 4) is 0 Å². The fourth-order valence-corrected chi connectivity index (χ4v) is 4.71. The largest absolute Gasteiger partial charge is 0.366 e. The quantitative estimate of drug-likeness (QED) is 0.888. The zero-order chi connectivity index (χ0) is 14.9. The van der Waals surface area contributed by atoms with Crippen LogP contribution in [-0.2, 0) is 6.42 Å². The molecule has 0 amide bonds. The Bertz CT molecular complexity index is 646. The number of rotatable bonds is 3. The molecule has 0 radical (unpaired) electrons. The maximum atomic E-state index is 4.58. The summed E-state index contributed by atoms with van der Waals surface area (Å²) in [6, 6.07) is 0.594. The third-order valence-corrected chi connectivity index (χ3v) is 5.83. The average molecular weight is 298 g/mol. The summed E-state index contributed by atoms with van der Waals surface area (Å²) in [4.78, 5) is 12.2. The van der Waals surface area contributed by atoms with E-state index in [4.69, 9.17) is 0 Å². The van der Waals surface area contributed by atoms with Crippen molar-refractivity contribution in [3.63, 3.8) is 0 Å². The highest BCUT2D eigenvalue weighted by molar-refractivity contribution is 5.90. The van der Waals surface area contributed by atoms with E-state index in [0.29, 0.717) is 6.04 Å². The fraction of sp³-hybridized carbons (Fsp3) is 0.667. The van der Waals surface area contributed by atoms with E-state index in [1.54, 1.807) is 6.33 Å². The summed E-state index contributed by atoms with van der Waals surface area (Å²) in [6.45, 7) is 2.19. The van der Waals surface area contributed by atoms with Gasteiger partial charge in [-0.05, 0) is 36.7 Å². The van der Waals surface area contributed by atoms with Crippen LogP contribution in [0.1, 0.15) is 57.4 Å². The fourth-order valence-electron chi connectivity index (χ4n) is 4.71. The molecular weight excluding hydrogens is 272 g/mol. The van der Waals surface area contributed by atoms with E-state index < -0.39 is 0 Å². The first kappa shape index (κ1) is 14.0. The van der Waals surface area contributed by atoms with Gasteiger partial charge in [0.1, 0.15) is 17.8 Å². The summed E-state index contributed by atoms with van der Waals surface area (Å²) in [5, 5.41) is 5.01. The van der Waals surface area contributed by atoms with Gasteiger partial charge in [0, 0.05) is 12.2 Å². The first-order valence-electron chi connectivity index (χ1n) is 8.94. The SMILES string of the molecule is CCc1c[nH]c2ncnc(NC3CCCC4CCCCC43)c12. The molecule has 0 aromatic carbocycles. The molecular formula is C18H26N4. The molecule has 2 aromatic rings. The second-order valence-electron chi connectivity index (χ2n) is 7.00. The Morgan fingerprint density at radius 1 is 1.14 bits per heavy atom. The van der Waals surface area contributed by atoms with Gasteiger partial charge in [-0.3, -0.25) is 0 Å². The van der Waals surface area contributed by atoms with E-state index in [-0.39, 0.29) is 0 Å². The van der Waals surface area contributed by atoms with Gasteiger partial charge < -0.3 is 10.3 Å². The normalized spacial score (nSPS) is 28.5. The summed E-state index contributed by atoms with van der Waals surface area (Å²) >= 11 is 0. The standard InChI is InChI=1S/C18H26N4/c1-2-12-10-19-17-16(12)18(21-11-20-17)22-15-9-5-7-13-6-3-4-8-14(13)15/h10-11,13-15H,2-9H2,1H3,(H2,19,20,21,22). The summed E-state index contributed by atoms with van der Waals surface area (Å²) < 4.78 is 0. The van der Waals surface area contributed by atoms with E-state index in [1.807, 2.05) is 0 Å². The molecule has 118 valence electrons. The molecule has 3 atom stereocenters. The Morgan fingerprint density at radius 3 is 2.91 bits per heavy atom. The Hall–Kier alpha value is -1.58. The lowest BCUT2D eigenvalue weighted by Crippen LogP contribution is -2.39. The van der Waals surface area contributed by atoms with Crippen LogP contribution in [0.25, 0.3) is 11.0 Å². The maximum absolute atomic E-state index is 4.58. The highest BCUT2D eigenvalue weighted by Crippen LogP contribution is 2.42. The lowest BCUT2D eigenvalue weighted by atomic mass is 9.68. The number of nitrogens with zero attached hydrogens (tertiary/aromatic N) is 2. The van der Waals surface area contributed by atoms with Crippen LogP contribution in [-0.4, -0.2) is 21.0 Å². The van der Waals surface area contributed by atoms with Crippen molar-refractivity contribution in [3.05, 3.63) is 18.1 Å². The van der Waals surface area contributed by atoms with E-state index in [2.05, 4.69) is 33.4 Å². The molecule has 2 aliphatic carbocycles. The van der Waals surface area contributed by atoms with Gasteiger partial charge in [0.2, 0.25) is 0 Å². The van der Waals surface area contributed by atoms with Crippen molar-refractivity contribution >= 4 is 16.9 Å². The van der Waals surface area contributed by atoms with Gasteiger partial charge in [0.15, 0.2) is 0 Å². The molecule has 2 saturated carbocycles. The van der Waals surface area contributed by atoms with Gasteiger partial charge in [-0.25, -0.2) is 9.97 Å². The Labute approximate surface area is 132 Å². The van der Waals surface area contributed by atoms with Crippen LogP contribution in [0.5, 0.6) is 0 Å². The van der Waals surface area contributed by atoms with Crippen LogP contribution in [0, 0.1) is 11.8 Å². The predicted molar refractivity (Wildman–Crippen MR) is 90.0 cm³/mol. The van der Waals surface area contributed by atoms with Crippen LogP contribution in [0.4, 0.5) is 5.82 Å². The molecule has 2 N–H and O–H groups in total. The van der Waals surface area contributed by atoms with E-state index in [0.717, 1.165) is 29.7 Å². The van der Waals surface area contributed by atoms with Gasteiger partial charge in [0.25, 0.3) is 0 Å². The third kappa shape index (κ3) is 2.38. The second kappa shape index (κ2) is 5.90. The zero-order valence-electron chi connectivity index (χ0n) is 13.4. The lowest BCUT2D eigenvalue weighted by Gasteiger charge is -2.42. The van der Waals surface area contributed by atoms with E-state index in [9.17, 15) is 0 Å². The summed E-state index contributed by atoms with van der Waals surface area (Å²) in [7, 11) is 0. The molecule has 0 spiro atoms. The smallest absolute Gasteiger partial charge is 0.143 e. The molecule has 2 fully saturated rings. The molecule has 3 unspecified atom stereocenters. The van der Waals surface area contributed by atoms with Crippen molar-refractivity contribution < 1.29 is 0 Å². The number of aromatic nitrogens is 3. The Kier molecular flexibility index (Phi) is 3.77. The molecule has 2 heterocycles. The number of H-pyrrole nitrogens is 1. The van der Waals surface area contributed by atoms with Crippen LogP contribution < -0.4 is 5.32 Å². The van der Waals surface area contributed by atoms with E-state index >= 15 is 0 Å². The van der Waals surface area contributed by atoms with Gasteiger partial charge in [-0.1, -0.05) is 39.0 Å². The Balaban J connectivity index is 1.63. The molecule has 22 heavy (non-hydrogen) atoms. The van der Waals surface area contributed by atoms with E-state index in [1.165, 1.54) is 55.9 Å². The molecule has 0 saturated heterocycles. The maximum Gasteiger partial charge on any atom is 0.143 e. The molecule has 4 rings (SSSR count). The molecule has 2 aliphatic rings. The van der Waals surface area contributed by atoms with Crippen molar-refractivity contribution in [2.75, 3.05) is 5.32 Å². The van der Waals surface area contributed by atoms with Gasteiger partial charge in [-0.15, -0.1) is 0 Å². The average Bonchev–Trinajstić information content (AvgIpc) is 2.99. The minimum Gasteiger partial charge on any atom is -0.366 e. The highest BCUT2D eigenvalue weighted by atomic mass is 15.1. The van der Waals surface area contributed by atoms with Crippen molar-refractivity contribution in [1.29, 1.82) is 0 Å². The third-order valence-electron chi connectivity index (χ3n) is 5.83. The number of hydrogen-bond donors (Lipinski definition) is 2. The predicted octanol–water partition coefficient (Wildman–Crippen LogP) is 4.29. The number of aromatic amines is 1. The molecule has 0 aliphatic heterocycles. The van der Waals surface area contributed by atoms with Gasteiger partial charge >= 0.3 is 0 Å². The van der Waals surface area contributed by atoms with Crippen LogP contribution in [0.3, 0.4) is 0 Å². The van der Waals surface area contributed by atoms with Gasteiger partial charge in [-0.2, -0.15) is 0 Å². The summed E-state index contributed by atoms with van der Waals surface area (Å²) in [5.74, 6) is 2.82.